The monoisotopic (exact) mass is 215 g/mol. The van der Waals surface area contributed by atoms with E-state index in [0.717, 1.165) is 6.42 Å². The first-order valence-electron chi connectivity index (χ1n) is 4.33. The summed E-state index contributed by atoms with van der Waals surface area (Å²) in [4.78, 5) is 0. The topological polar surface area (TPSA) is 93.8 Å². The van der Waals surface area contributed by atoms with E-state index in [1.807, 2.05) is 6.92 Å². The Morgan fingerprint density at radius 2 is 2.07 bits per heavy atom. The van der Waals surface area contributed by atoms with Gasteiger partial charge in [-0.15, -0.1) is 0 Å². The van der Waals surface area contributed by atoms with Crippen molar-refractivity contribution in [1.82, 2.24) is 4.72 Å². The number of hydrogen-bond acceptors (Lipinski definition) is 4. The molecule has 0 aliphatic heterocycles. The number of unbranched alkanes of at least 4 members (excludes halogenated alkanes) is 1. The lowest BCUT2D eigenvalue weighted by Crippen LogP contribution is -2.33. The van der Waals surface area contributed by atoms with Gasteiger partial charge in [-0.2, -0.15) is 15.2 Å². The SMILES string of the molecule is CCCCC(C#N)S(=O)(=O)NCC#N. The van der Waals surface area contributed by atoms with Gasteiger partial charge in [-0.05, 0) is 6.42 Å². The molecule has 1 N–H and O–H groups in total. The highest BCUT2D eigenvalue weighted by molar-refractivity contribution is 7.90. The maximum absolute atomic E-state index is 11.3. The summed E-state index contributed by atoms with van der Waals surface area (Å²) < 4.78 is 24.7. The third-order valence-corrected chi connectivity index (χ3v) is 3.33. The highest BCUT2D eigenvalue weighted by atomic mass is 32.2. The molecule has 14 heavy (non-hydrogen) atoms. The molecule has 0 aromatic rings. The third-order valence-electron chi connectivity index (χ3n) is 1.69. The molecule has 0 aliphatic carbocycles. The predicted molar refractivity (Wildman–Crippen MR) is 51.5 cm³/mol. The molecule has 0 heterocycles. The number of rotatable bonds is 6. The molecule has 1 atom stereocenters. The van der Waals surface area contributed by atoms with Gasteiger partial charge in [0.15, 0.2) is 5.25 Å². The van der Waals surface area contributed by atoms with Crippen LogP contribution < -0.4 is 4.72 Å². The first-order valence-corrected chi connectivity index (χ1v) is 5.88. The average Bonchev–Trinajstić information content (AvgIpc) is 2.16. The Bertz CT molecular complexity index is 337. The van der Waals surface area contributed by atoms with Crippen molar-refractivity contribution in [3.05, 3.63) is 0 Å². The number of sulfonamides is 1. The molecule has 6 heteroatoms. The van der Waals surface area contributed by atoms with Gasteiger partial charge in [0.2, 0.25) is 10.0 Å². The van der Waals surface area contributed by atoms with Crippen LogP contribution in [-0.2, 0) is 10.0 Å². The maximum atomic E-state index is 11.3. The minimum atomic E-state index is -3.64. The van der Waals surface area contributed by atoms with E-state index in [1.165, 1.54) is 0 Å². The molecule has 5 nitrogen and oxygen atoms in total. The lowest BCUT2D eigenvalue weighted by molar-refractivity contribution is 0.570. The standard InChI is InChI=1S/C8H13N3O2S/c1-2-3-4-8(7-10)14(12,13)11-6-5-9/h8,11H,2-4,6H2,1H3. The lowest BCUT2D eigenvalue weighted by atomic mass is 10.2. The van der Waals surface area contributed by atoms with E-state index >= 15 is 0 Å². The van der Waals surface area contributed by atoms with Crippen LogP contribution in [0.25, 0.3) is 0 Å². The Kier molecular flexibility index (Phi) is 5.86. The van der Waals surface area contributed by atoms with Crippen molar-refractivity contribution in [3.8, 4) is 12.1 Å². The minimum Gasteiger partial charge on any atom is -0.211 e. The summed E-state index contributed by atoms with van der Waals surface area (Å²) in [5.41, 5.74) is 0. The summed E-state index contributed by atoms with van der Waals surface area (Å²) in [6.07, 6.45) is 1.84. The van der Waals surface area contributed by atoms with E-state index < -0.39 is 15.3 Å². The van der Waals surface area contributed by atoms with Crippen LogP contribution in [0, 0.1) is 22.7 Å². The molecule has 0 aromatic heterocycles. The Hall–Kier alpha value is -1.11. The van der Waals surface area contributed by atoms with Gasteiger partial charge in [0.1, 0.15) is 0 Å². The molecular weight excluding hydrogens is 202 g/mol. The van der Waals surface area contributed by atoms with Crippen LogP contribution in [0.4, 0.5) is 0 Å². The number of nitrogens with zero attached hydrogens (tertiary/aromatic N) is 2. The van der Waals surface area contributed by atoms with Crippen LogP contribution in [0.3, 0.4) is 0 Å². The van der Waals surface area contributed by atoms with Gasteiger partial charge in [0.05, 0.1) is 18.7 Å². The van der Waals surface area contributed by atoms with Crippen molar-refractivity contribution in [2.24, 2.45) is 0 Å². The maximum Gasteiger partial charge on any atom is 0.228 e. The summed E-state index contributed by atoms with van der Waals surface area (Å²) in [6.45, 7) is 1.64. The van der Waals surface area contributed by atoms with Gasteiger partial charge in [0.25, 0.3) is 0 Å². The quantitative estimate of drug-likeness (QED) is 0.653. The molecule has 0 fully saturated rings. The second-order valence-corrected chi connectivity index (χ2v) is 4.73. The first kappa shape index (κ1) is 12.9. The molecule has 1 unspecified atom stereocenters. The van der Waals surface area contributed by atoms with Gasteiger partial charge in [0, 0.05) is 0 Å². The zero-order valence-electron chi connectivity index (χ0n) is 8.02. The second-order valence-electron chi connectivity index (χ2n) is 2.78. The molecule has 0 spiro atoms. The molecule has 78 valence electrons. The van der Waals surface area contributed by atoms with Crippen molar-refractivity contribution in [2.45, 2.75) is 31.4 Å². The summed E-state index contributed by atoms with van der Waals surface area (Å²) in [5.74, 6) is 0. The van der Waals surface area contributed by atoms with Crippen molar-refractivity contribution >= 4 is 10.0 Å². The zero-order valence-corrected chi connectivity index (χ0v) is 8.84. The Morgan fingerprint density at radius 3 is 2.50 bits per heavy atom. The Labute approximate surface area is 84.4 Å². The smallest absolute Gasteiger partial charge is 0.211 e. The largest absolute Gasteiger partial charge is 0.228 e. The van der Waals surface area contributed by atoms with Gasteiger partial charge in [-0.1, -0.05) is 19.8 Å². The van der Waals surface area contributed by atoms with Gasteiger partial charge >= 0.3 is 0 Å². The van der Waals surface area contributed by atoms with Crippen LogP contribution in [0.15, 0.2) is 0 Å². The Morgan fingerprint density at radius 1 is 1.43 bits per heavy atom. The summed E-state index contributed by atoms with van der Waals surface area (Å²) in [6, 6.07) is 3.39. The highest BCUT2D eigenvalue weighted by Crippen LogP contribution is 2.07. The van der Waals surface area contributed by atoms with E-state index in [4.69, 9.17) is 10.5 Å². The molecule has 0 saturated heterocycles. The molecule has 0 aromatic carbocycles. The molecule has 0 rings (SSSR count). The van der Waals surface area contributed by atoms with Crippen molar-refractivity contribution in [2.75, 3.05) is 6.54 Å². The van der Waals surface area contributed by atoms with Crippen LogP contribution in [0.2, 0.25) is 0 Å². The average molecular weight is 215 g/mol. The molecule has 0 amide bonds. The van der Waals surface area contributed by atoms with Crippen LogP contribution in [0.5, 0.6) is 0 Å². The van der Waals surface area contributed by atoms with Gasteiger partial charge in [-0.3, -0.25) is 0 Å². The fraction of sp³-hybridized carbons (Fsp3) is 0.750. The van der Waals surface area contributed by atoms with Crippen molar-refractivity contribution < 1.29 is 8.42 Å². The van der Waals surface area contributed by atoms with E-state index in [9.17, 15) is 8.42 Å². The summed E-state index contributed by atoms with van der Waals surface area (Å²) in [7, 11) is -3.64. The molecule has 0 radical (unpaired) electrons. The molecule has 0 bridgehead atoms. The van der Waals surface area contributed by atoms with E-state index in [-0.39, 0.29) is 6.54 Å². The number of hydrogen-bond donors (Lipinski definition) is 1. The number of nitriles is 2. The third kappa shape index (κ3) is 4.22. The van der Waals surface area contributed by atoms with Crippen LogP contribution in [0.1, 0.15) is 26.2 Å². The minimum absolute atomic E-state index is 0.285. The zero-order chi connectivity index (χ0) is 11.0. The fourth-order valence-electron chi connectivity index (χ4n) is 0.912. The van der Waals surface area contributed by atoms with Gasteiger partial charge < -0.3 is 0 Å². The van der Waals surface area contributed by atoms with Crippen LogP contribution in [-0.4, -0.2) is 20.2 Å². The normalized spacial score (nSPS) is 12.8. The van der Waals surface area contributed by atoms with Crippen molar-refractivity contribution in [3.63, 3.8) is 0 Å². The van der Waals surface area contributed by atoms with E-state index in [0.29, 0.717) is 12.8 Å². The molecule has 0 saturated carbocycles. The second kappa shape index (κ2) is 6.36. The molecule has 0 aliphatic rings. The Balaban J connectivity index is 4.38. The summed E-state index contributed by atoms with van der Waals surface area (Å²) >= 11 is 0. The van der Waals surface area contributed by atoms with E-state index in [2.05, 4.69) is 4.72 Å². The first-order chi connectivity index (χ1) is 6.58. The van der Waals surface area contributed by atoms with Crippen LogP contribution >= 0.6 is 0 Å². The summed E-state index contributed by atoms with van der Waals surface area (Å²) in [5, 5.41) is 15.8. The van der Waals surface area contributed by atoms with Gasteiger partial charge in [-0.25, -0.2) is 8.42 Å². The van der Waals surface area contributed by atoms with E-state index in [1.54, 1.807) is 12.1 Å². The fourth-order valence-corrected chi connectivity index (χ4v) is 1.99. The highest BCUT2D eigenvalue weighted by Gasteiger charge is 2.23. The number of nitrogens with one attached hydrogen (secondary N) is 1. The predicted octanol–water partition coefficient (Wildman–Crippen LogP) is 0.512. The van der Waals surface area contributed by atoms with Crippen molar-refractivity contribution in [1.29, 1.82) is 10.5 Å². The molecular formula is C8H13N3O2S. The lowest BCUT2D eigenvalue weighted by Gasteiger charge is -2.08.